The fourth-order valence-electron chi connectivity index (χ4n) is 2.73. The molecule has 0 saturated carbocycles. The van der Waals surface area contributed by atoms with Gasteiger partial charge in [0, 0.05) is 21.5 Å². The number of fused-ring (bicyclic) bond motifs is 2. The average Bonchev–Trinajstić information content (AvgIpc) is 2.90. The summed E-state index contributed by atoms with van der Waals surface area (Å²) in [6, 6.07) is 10.5. The van der Waals surface area contributed by atoms with Gasteiger partial charge in [-0.2, -0.15) is 0 Å². The number of aryl methyl sites for hydroxylation is 1. The molecule has 0 amide bonds. The first-order valence-electron chi connectivity index (χ1n) is 7.26. The van der Waals surface area contributed by atoms with Gasteiger partial charge in [-0.3, -0.25) is 4.79 Å². The highest BCUT2D eigenvalue weighted by atomic mass is 35.5. The predicted molar refractivity (Wildman–Crippen MR) is 86.8 cm³/mol. The monoisotopic (exact) mass is 328 g/mol. The lowest BCUT2D eigenvalue weighted by Crippen LogP contribution is -2.15. The van der Waals surface area contributed by atoms with Crippen molar-refractivity contribution in [2.75, 3.05) is 13.2 Å². The minimum Gasteiger partial charge on any atom is -0.486 e. The molecule has 3 aromatic rings. The van der Waals surface area contributed by atoms with Crippen molar-refractivity contribution in [3.63, 3.8) is 0 Å². The molecule has 0 radical (unpaired) electrons. The zero-order valence-electron chi connectivity index (χ0n) is 12.4. The van der Waals surface area contributed by atoms with Gasteiger partial charge in [0.2, 0.25) is 5.78 Å². The minimum atomic E-state index is -0.188. The van der Waals surface area contributed by atoms with Crippen molar-refractivity contribution in [3.8, 4) is 11.5 Å². The predicted octanol–water partition coefficient (Wildman–Crippen LogP) is 4.40. The molecule has 0 atom stereocenters. The van der Waals surface area contributed by atoms with E-state index in [0.717, 1.165) is 10.9 Å². The van der Waals surface area contributed by atoms with E-state index in [1.54, 1.807) is 36.4 Å². The van der Waals surface area contributed by atoms with Gasteiger partial charge >= 0.3 is 0 Å². The normalized spacial score (nSPS) is 13.3. The molecule has 0 bridgehead atoms. The summed E-state index contributed by atoms with van der Waals surface area (Å²) in [5.74, 6) is 1.37. The Morgan fingerprint density at radius 3 is 2.65 bits per heavy atom. The molecule has 0 unspecified atom stereocenters. The number of ether oxygens (including phenoxy) is 2. The van der Waals surface area contributed by atoms with E-state index in [1.165, 1.54) is 0 Å². The molecule has 0 aliphatic carbocycles. The van der Waals surface area contributed by atoms with E-state index in [-0.39, 0.29) is 5.78 Å². The lowest BCUT2D eigenvalue weighted by molar-refractivity contribution is 0.101. The number of hydrogen-bond acceptors (Lipinski definition) is 4. The smallest absolute Gasteiger partial charge is 0.228 e. The van der Waals surface area contributed by atoms with Crippen molar-refractivity contribution in [2.45, 2.75) is 6.92 Å². The number of carbonyl (C=O) groups excluding carboxylic acids is 1. The van der Waals surface area contributed by atoms with Crippen LogP contribution in [0.2, 0.25) is 5.02 Å². The van der Waals surface area contributed by atoms with Crippen molar-refractivity contribution in [1.82, 2.24) is 0 Å². The molecule has 2 aromatic carbocycles. The first-order valence-corrected chi connectivity index (χ1v) is 7.64. The van der Waals surface area contributed by atoms with E-state index in [0.29, 0.717) is 46.6 Å². The van der Waals surface area contributed by atoms with Crippen LogP contribution < -0.4 is 9.47 Å². The molecule has 0 N–H and O–H groups in total. The summed E-state index contributed by atoms with van der Waals surface area (Å²) in [5.41, 5.74) is 1.93. The van der Waals surface area contributed by atoms with Crippen LogP contribution in [0.5, 0.6) is 11.5 Å². The van der Waals surface area contributed by atoms with Crippen LogP contribution in [0.1, 0.15) is 21.7 Å². The molecule has 0 spiro atoms. The van der Waals surface area contributed by atoms with Crippen molar-refractivity contribution in [2.24, 2.45) is 0 Å². The molecule has 4 rings (SSSR count). The van der Waals surface area contributed by atoms with Gasteiger partial charge in [0.15, 0.2) is 17.3 Å². The summed E-state index contributed by atoms with van der Waals surface area (Å²) in [6.07, 6.45) is 0. The van der Waals surface area contributed by atoms with Crippen LogP contribution in [0.25, 0.3) is 11.0 Å². The summed E-state index contributed by atoms with van der Waals surface area (Å²) in [6.45, 7) is 2.85. The molecule has 5 heteroatoms. The second-order valence-electron chi connectivity index (χ2n) is 5.38. The topological polar surface area (TPSA) is 48.7 Å². The highest BCUT2D eigenvalue weighted by Crippen LogP contribution is 2.33. The maximum atomic E-state index is 12.8. The molecule has 0 saturated heterocycles. The van der Waals surface area contributed by atoms with Crippen LogP contribution in [0.15, 0.2) is 40.8 Å². The third-order valence-electron chi connectivity index (χ3n) is 3.91. The highest BCUT2D eigenvalue weighted by molar-refractivity contribution is 6.31. The molecule has 1 aromatic heterocycles. The van der Waals surface area contributed by atoms with Gasteiger partial charge in [-0.25, -0.2) is 0 Å². The van der Waals surface area contributed by atoms with E-state index in [2.05, 4.69) is 0 Å². The Morgan fingerprint density at radius 2 is 1.83 bits per heavy atom. The van der Waals surface area contributed by atoms with E-state index < -0.39 is 0 Å². The zero-order valence-corrected chi connectivity index (χ0v) is 13.1. The number of benzene rings is 2. The fourth-order valence-corrected chi connectivity index (χ4v) is 2.90. The third-order valence-corrected chi connectivity index (χ3v) is 4.14. The zero-order chi connectivity index (χ0) is 16.0. The second kappa shape index (κ2) is 5.32. The Bertz CT molecular complexity index is 926. The summed E-state index contributed by atoms with van der Waals surface area (Å²) in [5, 5.41) is 1.46. The number of hydrogen-bond donors (Lipinski definition) is 0. The molecular formula is C18H13ClO4. The van der Waals surface area contributed by atoms with Crippen LogP contribution in [0.4, 0.5) is 0 Å². The Balaban J connectivity index is 1.78. The summed E-state index contributed by atoms with van der Waals surface area (Å²) in [7, 11) is 0. The Labute approximate surface area is 137 Å². The van der Waals surface area contributed by atoms with Crippen molar-refractivity contribution >= 4 is 28.4 Å². The summed E-state index contributed by atoms with van der Waals surface area (Å²) in [4.78, 5) is 12.8. The Hall–Kier alpha value is -2.46. The van der Waals surface area contributed by atoms with Crippen molar-refractivity contribution in [1.29, 1.82) is 0 Å². The molecule has 1 aliphatic rings. The minimum absolute atomic E-state index is 0.188. The number of halogens is 1. The van der Waals surface area contributed by atoms with E-state index in [9.17, 15) is 4.79 Å². The van der Waals surface area contributed by atoms with Gasteiger partial charge in [-0.15, -0.1) is 0 Å². The standard InChI is InChI=1S/C18H13ClO4/c1-10-13-9-12(19)3-5-14(13)23-18(10)17(20)11-2-4-15-16(8-11)22-7-6-21-15/h2-5,8-9H,6-7H2,1H3. The van der Waals surface area contributed by atoms with Gasteiger partial charge in [0.25, 0.3) is 0 Å². The lowest BCUT2D eigenvalue weighted by atomic mass is 10.0. The first kappa shape index (κ1) is 14.2. The van der Waals surface area contributed by atoms with Crippen LogP contribution in [0.3, 0.4) is 0 Å². The molecule has 2 heterocycles. The molecule has 4 nitrogen and oxygen atoms in total. The lowest BCUT2D eigenvalue weighted by Gasteiger charge is -2.18. The maximum absolute atomic E-state index is 12.8. The quantitative estimate of drug-likeness (QED) is 0.654. The van der Waals surface area contributed by atoms with Gasteiger partial charge in [0.1, 0.15) is 18.8 Å². The van der Waals surface area contributed by atoms with E-state index in [4.69, 9.17) is 25.5 Å². The van der Waals surface area contributed by atoms with Crippen molar-refractivity contribution < 1.29 is 18.7 Å². The number of rotatable bonds is 2. The van der Waals surface area contributed by atoms with Gasteiger partial charge < -0.3 is 13.9 Å². The fraction of sp³-hybridized carbons (Fsp3) is 0.167. The molecular weight excluding hydrogens is 316 g/mol. The number of carbonyl (C=O) groups is 1. The van der Waals surface area contributed by atoms with E-state index >= 15 is 0 Å². The molecule has 116 valence electrons. The molecule has 0 fully saturated rings. The Morgan fingerprint density at radius 1 is 1.04 bits per heavy atom. The van der Waals surface area contributed by atoms with Crippen LogP contribution in [-0.4, -0.2) is 19.0 Å². The molecule has 23 heavy (non-hydrogen) atoms. The third kappa shape index (κ3) is 2.35. The maximum Gasteiger partial charge on any atom is 0.228 e. The number of ketones is 1. The van der Waals surface area contributed by atoms with Gasteiger partial charge in [-0.1, -0.05) is 11.6 Å². The second-order valence-corrected chi connectivity index (χ2v) is 5.82. The summed E-state index contributed by atoms with van der Waals surface area (Å²) >= 11 is 6.02. The summed E-state index contributed by atoms with van der Waals surface area (Å²) < 4.78 is 16.7. The molecule has 1 aliphatic heterocycles. The highest BCUT2D eigenvalue weighted by Gasteiger charge is 2.21. The number of furan rings is 1. The van der Waals surface area contributed by atoms with Crippen molar-refractivity contribution in [3.05, 3.63) is 58.3 Å². The average molecular weight is 329 g/mol. The van der Waals surface area contributed by atoms with Crippen LogP contribution >= 0.6 is 11.6 Å². The SMILES string of the molecule is Cc1c(C(=O)c2ccc3c(c2)OCCO3)oc2ccc(Cl)cc12. The van der Waals surface area contributed by atoms with E-state index in [1.807, 2.05) is 6.92 Å². The van der Waals surface area contributed by atoms with Gasteiger partial charge in [0.05, 0.1) is 0 Å². The Kier molecular flexibility index (Phi) is 3.27. The van der Waals surface area contributed by atoms with Crippen LogP contribution in [0, 0.1) is 6.92 Å². The first-order chi connectivity index (χ1) is 11.1. The van der Waals surface area contributed by atoms with Crippen LogP contribution in [-0.2, 0) is 0 Å². The van der Waals surface area contributed by atoms with Gasteiger partial charge in [-0.05, 0) is 43.3 Å². The largest absolute Gasteiger partial charge is 0.486 e.